The Morgan fingerprint density at radius 3 is 2.23 bits per heavy atom. The van der Waals surface area contributed by atoms with Crippen LogP contribution in [-0.4, -0.2) is 22.2 Å². The first-order valence-corrected chi connectivity index (χ1v) is 4.52. The molecule has 0 aliphatic carbocycles. The van der Waals surface area contributed by atoms with Gasteiger partial charge in [-0.15, -0.1) is 0 Å². The average molecular weight is 188 g/mol. The van der Waals surface area contributed by atoms with Gasteiger partial charge in [-0.05, 0) is 19.3 Å². The third kappa shape index (κ3) is 6.13. The van der Waals surface area contributed by atoms with Crippen LogP contribution in [0.3, 0.4) is 0 Å². The highest BCUT2D eigenvalue weighted by atomic mass is 16.4. The van der Waals surface area contributed by atoms with E-state index in [1.807, 2.05) is 6.92 Å². The first-order valence-electron chi connectivity index (χ1n) is 4.52. The van der Waals surface area contributed by atoms with E-state index in [-0.39, 0.29) is 12.3 Å². The fourth-order valence-electron chi connectivity index (χ4n) is 1.17. The lowest BCUT2D eigenvalue weighted by atomic mass is 9.99. The molecule has 0 bridgehead atoms. The van der Waals surface area contributed by atoms with E-state index in [0.717, 1.165) is 0 Å². The molecule has 0 fully saturated rings. The molecule has 0 rings (SSSR count). The summed E-state index contributed by atoms with van der Waals surface area (Å²) in [5, 5.41) is 17.0. The molecular weight excluding hydrogens is 172 g/mol. The van der Waals surface area contributed by atoms with Crippen molar-refractivity contribution in [3.05, 3.63) is 0 Å². The van der Waals surface area contributed by atoms with Gasteiger partial charge in [-0.3, -0.25) is 9.59 Å². The summed E-state index contributed by atoms with van der Waals surface area (Å²) in [4.78, 5) is 20.7. The highest BCUT2D eigenvalue weighted by Crippen LogP contribution is 2.13. The molecule has 0 heterocycles. The molecular formula is C9H16O4. The Balaban J connectivity index is 3.50. The molecule has 4 nitrogen and oxygen atoms in total. The maximum atomic E-state index is 10.5. The molecule has 0 saturated heterocycles. The van der Waals surface area contributed by atoms with E-state index in [9.17, 15) is 9.59 Å². The Morgan fingerprint density at radius 1 is 1.23 bits per heavy atom. The van der Waals surface area contributed by atoms with Crippen LogP contribution >= 0.6 is 0 Å². The monoisotopic (exact) mass is 188 g/mol. The van der Waals surface area contributed by atoms with E-state index < -0.39 is 11.9 Å². The summed E-state index contributed by atoms with van der Waals surface area (Å²) < 4.78 is 0. The number of carboxylic acid groups (broad SMARTS) is 2. The van der Waals surface area contributed by atoms with Gasteiger partial charge >= 0.3 is 11.9 Å². The Bertz CT molecular complexity index is 176. The van der Waals surface area contributed by atoms with Crippen molar-refractivity contribution in [1.82, 2.24) is 0 Å². The minimum atomic E-state index is -0.816. The lowest BCUT2D eigenvalue weighted by Gasteiger charge is -2.07. The number of aliphatic carboxylic acids is 2. The van der Waals surface area contributed by atoms with Crippen LogP contribution in [-0.2, 0) is 9.59 Å². The first kappa shape index (κ1) is 11.9. The van der Waals surface area contributed by atoms with Gasteiger partial charge in [0.05, 0.1) is 5.92 Å². The minimum absolute atomic E-state index is 0.135. The molecule has 13 heavy (non-hydrogen) atoms. The van der Waals surface area contributed by atoms with Crippen molar-refractivity contribution >= 4 is 11.9 Å². The average Bonchev–Trinajstić information content (AvgIpc) is 2.03. The zero-order valence-electron chi connectivity index (χ0n) is 7.82. The van der Waals surface area contributed by atoms with Crippen LogP contribution in [0.25, 0.3) is 0 Å². The van der Waals surface area contributed by atoms with Gasteiger partial charge in [0, 0.05) is 6.42 Å². The summed E-state index contributed by atoms with van der Waals surface area (Å²) in [6.07, 6.45) is 2.58. The fourth-order valence-corrected chi connectivity index (χ4v) is 1.17. The predicted molar refractivity (Wildman–Crippen MR) is 47.5 cm³/mol. The molecule has 2 N–H and O–H groups in total. The first-order chi connectivity index (χ1) is 6.07. The second-order valence-electron chi connectivity index (χ2n) is 3.08. The SMILES string of the molecule is CCC(CCCCC(=O)O)C(=O)O. The Kier molecular flexibility index (Phi) is 5.93. The third-order valence-electron chi connectivity index (χ3n) is 2.04. The van der Waals surface area contributed by atoms with E-state index in [1.54, 1.807) is 0 Å². The molecule has 0 aromatic carbocycles. The van der Waals surface area contributed by atoms with Gasteiger partial charge in [-0.25, -0.2) is 0 Å². The largest absolute Gasteiger partial charge is 0.481 e. The Morgan fingerprint density at radius 2 is 1.85 bits per heavy atom. The van der Waals surface area contributed by atoms with E-state index in [4.69, 9.17) is 10.2 Å². The molecule has 0 amide bonds. The maximum absolute atomic E-state index is 10.5. The van der Waals surface area contributed by atoms with Crippen molar-refractivity contribution in [2.24, 2.45) is 5.92 Å². The van der Waals surface area contributed by atoms with Gasteiger partial charge in [0.1, 0.15) is 0 Å². The van der Waals surface area contributed by atoms with Crippen molar-refractivity contribution in [2.45, 2.75) is 39.0 Å². The van der Waals surface area contributed by atoms with Crippen LogP contribution in [0.1, 0.15) is 39.0 Å². The Labute approximate surface area is 77.6 Å². The second kappa shape index (κ2) is 6.46. The van der Waals surface area contributed by atoms with Crippen LogP contribution in [0, 0.1) is 5.92 Å². The number of carbonyl (C=O) groups is 2. The summed E-state index contributed by atoms with van der Waals surface area (Å²) in [5.74, 6) is -1.91. The van der Waals surface area contributed by atoms with Crippen molar-refractivity contribution in [2.75, 3.05) is 0 Å². The molecule has 0 saturated carbocycles. The molecule has 0 aliphatic heterocycles. The van der Waals surface area contributed by atoms with Gasteiger partial charge < -0.3 is 10.2 Å². The molecule has 0 aromatic heterocycles. The number of hydrogen-bond acceptors (Lipinski definition) is 2. The van der Waals surface area contributed by atoms with Crippen LogP contribution < -0.4 is 0 Å². The standard InChI is InChI=1S/C9H16O4/c1-2-7(9(12)13)5-3-4-6-8(10)11/h7H,2-6H2,1H3,(H,10,11)(H,12,13). The smallest absolute Gasteiger partial charge is 0.306 e. The molecule has 4 heteroatoms. The molecule has 1 unspecified atom stereocenters. The second-order valence-corrected chi connectivity index (χ2v) is 3.08. The number of unbranched alkanes of at least 4 members (excludes halogenated alkanes) is 1. The van der Waals surface area contributed by atoms with Crippen LogP contribution in [0.15, 0.2) is 0 Å². The Hall–Kier alpha value is -1.06. The minimum Gasteiger partial charge on any atom is -0.481 e. The van der Waals surface area contributed by atoms with Gasteiger partial charge in [-0.1, -0.05) is 13.3 Å². The topological polar surface area (TPSA) is 74.6 Å². The van der Waals surface area contributed by atoms with Crippen molar-refractivity contribution in [3.63, 3.8) is 0 Å². The molecule has 1 atom stereocenters. The maximum Gasteiger partial charge on any atom is 0.306 e. The number of carboxylic acids is 2. The summed E-state index contributed by atoms with van der Waals surface area (Å²) in [5.41, 5.74) is 0. The molecule has 76 valence electrons. The summed E-state index contributed by atoms with van der Waals surface area (Å²) in [6.45, 7) is 1.83. The lowest BCUT2D eigenvalue weighted by molar-refractivity contribution is -0.142. The van der Waals surface area contributed by atoms with E-state index in [1.165, 1.54) is 0 Å². The lowest BCUT2D eigenvalue weighted by Crippen LogP contribution is -2.12. The van der Waals surface area contributed by atoms with Gasteiger partial charge in [0.15, 0.2) is 0 Å². The van der Waals surface area contributed by atoms with Gasteiger partial charge in [0.25, 0.3) is 0 Å². The summed E-state index contributed by atoms with van der Waals surface area (Å²) in [6, 6.07) is 0. The summed E-state index contributed by atoms with van der Waals surface area (Å²) in [7, 11) is 0. The zero-order valence-corrected chi connectivity index (χ0v) is 7.82. The summed E-state index contributed by atoms with van der Waals surface area (Å²) >= 11 is 0. The van der Waals surface area contributed by atoms with Gasteiger partial charge in [0.2, 0.25) is 0 Å². The van der Waals surface area contributed by atoms with Crippen LogP contribution in [0.5, 0.6) is 0 Å². The van der Waals surface area contributed by atoms with Crippen LogP contribution in [0.2, 0.25) is 0 Å². The quantitative estimate of drug-likeness (QED) is 0.597. The molecule has 0 aliphatic rings. The predicted octanol–water partition coefficient (Wildman–Crippen LogP) is 1.74. The van der Waals surface area contributed by atoms with Gasteiger partial charge in [-0.2, -0.15) is 0 Å². The number of rotatable bonds is 7. The van der Waals surface area contributed by atoms with Crippen molar-refractivity contribution < 1.29 is 19.8 Å². The van der Waals surface area contributed by atoms with Crippen molar-refractivity contribution in [1.29, 1.82) is 0 Å². The van der Waals surface area contributed by atoms with E-state index >= 15 is 0 Å². The fraction of sp³-hybridized carbons (Fsp3) is 0.778. The third-order valence-corrected chi connectivity index (χ3v) is 2.04. The van der Waals surface area contributed by atoms with E-state index in [2.05, 4.69) is 0 Å². The molecule has 0 radical (unpaired) electrons. The number of hydrogen-bond donors (Lipinski definition) is 2. The van der Waals surface area contributed by atoms with Crippen molar-refractivity contribution in [3.8, 4) is 0 Å². The highest BCUT2D eigenvalue weighted by molar-refractivity contribution is 5.69. The normalized spacial score (nSPS) is 12.4. The zero-order chi connectivity index (χ0) is 10.3. The molecule has 0 spiro atoms. The highest BCUT2D eigenvalue weighted by Gasteiger charge is 2.13. The van der Waals surface area contributed by atoms with E-state index in [0.29, 0.717) is 25.7 Å². The molecule has 0 aromatic rings. The van der Waals surface area contributed by atoms with Crippen LogP contribution in [0.4, 0.5) is 0 Å².